The van der Waals surface area contributed by atoms with E-state index in [1.165, 1.54) is 44.0 Å². The zero-order valence-electron chi connectivity index (χ0n) is 28.2. The minimum atomic E-state index is -2.41. The number of hydrogen-bond donors (Lipinski definition) is 6. The molecule has 1 aliphatic heterocycles. The number of aromatic hydroxyl groups is 2. The number of rotatable bonds is 12. The Labute approximate surface area is 297 Å². The highest BCUT2D eigenvalue weighted by Gasteiger charge is 2.50. The average Bonchev–Trinajstić information content (AvgIpc) is 3.08. The van der Waals surface area contributed by atoms with Crippen LogP contribution in [0.1, 0.15) is 75.8 Å². The van der Waals surface area contributed by atoms with Gasteiger partial charge in [0, 0.05) is 60.4 Å². The van der Waals surface area contributed by atoms with Gasteiger partial charge in [-0.25, -0.2) is 4.79 Å². The number of fused-ring (bicyclic) bond motifs is 3. The van der Waals surface area contributed by atoms with Crippen molar-refractivity contribution in [3.05, 3.63) is 64.2 Å². The number of aliphatic hydroxyl groups is 2. The Morgan fingerprint density at radius 1 is 1.18 bits per heavy atom. The van der Waals surface area contributed by atoms with E-state index >= 15 is 0 Å². The predicted molar refractivity (Wildman–Crippen MR) is 181 cm³/mol. The number of hydrogen-bond acceptors (Lipinski definition) is 15. The van der Waals surface area contributed by atoms with Gasteiger partial charge in [-0.3, -0.25) is 19.2 Å². The molecule has 1 unspecified atom stereocenters. The number of ketones is 3. The van der Waals surface area contributed by atoms with E-state index in [-0.39, 0.29) is 40.2 Å². The molecule has 2 aliphatic carbocycles. The van der Waals surface area contributed by atoms with Crippen LogP contribution in [0.4, 0.5) is 0 Å². The second-order valence-corrected chi connectivity index (χ2v) is 13.8. The summed E-state index contributed by atoms with van der Waals surface area (Å²) in [6, 6.07) is 2.40. The summed E-state index contributed by atoms with van der Waals surface area (Å²) in [6.07, 6.45) is -4.13. The molecule has 0 aromatic heterocycles. The maximum absolute atomic E-state index is 13.9. The third-order valence-corrected chi connectivity index (χ3v) is 10.2. The number of nitrogens with two attached hydrogens (primary N) is 1. The number of phenols is 2. The molecule has 51 heavy (non-hydrogen) atoms. The van der Waals surface area contributed by atoms with E-state index in [0.717, 1.165) is 0 Å². The lowest BCUT2D eigenvalue weighted by Crippen LogP contribution is -2.53. The topological polar surface area (TPSA) is 241 Å². The summed E-state index contributed by atoms with van der Waals surface area (Å²) < 4.78 is 22.5. The highest BCUT2D eigenvalue weighted by molar-refractivity contribution is 7.99. The van der Waals surface area contributed by atoms with Crippen molar-refractivity contribution in [3.63, 3.8) is 0 Å². The molecule has 2 aromatic rings. The van der Waals surface area contributed by atoms with E-state index in [9.17, 15) is 44.4 Å². The highest BCUT2D eigenvalue weighted by atomic mass is 32.2. The Morgan fingerprint density at radius 2 is 1.88 bits per heavy atom. The van der Waals surface area contributed by atoms with Crippen molar-refractivity contribution >= 4 is 41.0 Å². The predicted octanol–water partition coefficient (Wildman–Crippen LogP) is 0.976. The summed E-state index contributed by atoms with van der Waals surface area (Å²) in [6.45, 7) is 5.43. The van der Waals surface area contributed by atoms with Gasteiger partial charge in [-0.1, -0.05) is 18.2 Å². The van der Waals surface area contributed by atoms with Crippen LogP contribution in [0.25, 0.3) is 0 Å². The third-order valence-electron chi connectivity index (χ3n) is 9.19. The SMILES string of the molecule is C=CCSCC(NC(C)=O)C(=O)OCC(=O)[C@]1(O)Cc2c(O)c3c(c(O)c2[C@@H](O[C@H]2C[C@H](N)[C@H](O)[C@H](C)O2)C1)C(=O)c1c(OC)cccc1C3=O. The number of nitrogens with one attached hydrogen (secondary N) is 1. The summed E-state index contributed by atoms with van der Waals surface area (Å²) in [4.78, 5) is 66.0. The number of benzene rings is 2. The summed E-state index contributed by atoms with van der Waals surface area (Å²) >= 11 is 1.28. The van der Waals surface area contributed by atoms with E-state index in [0.29, 0.717) is 5.75 Å². The van der Waals surface area contributed by atoms with Crippen molar-refractivity contribution in [1.29, 1.82) is 0 Å². The summed E-state index contributed by atoms with van der Waals surface area (Å²) in [5.74, 6) is -4.93. The number of carbonyl (C=O) groups is 5. The number of aliphatic hydroxyl groups excluding tert-OH is 1. The van der Waals surface area contributed by atoms with Crippen LogP contribution < -0.4 is 15.8 Å². The second-order valence-electron chi connectivity index (χ2n) is 12.7. The fourth-order valence-corrected chi connectivity index (χ4v) is 7.42. The third kappa shape index (κ3) is 7.24. The van der Waals surface area contributed by atoms with Crippen LogP contribution in [0.3, 0.4) is 0 Å². The standard InChI is InChI=1S/C35H40N2O13S/c1-5-9-51-14-20(37-16(3)38)34(45)48-13-23(39)35(46)11-18-26(22(12-35)50-24-10-19(36)29(40)15(2)49-24)33(44)28-27(31(18)42)30(41)17-7-6-8-21(47-4)25(17)32(28)43/h5-8,15,19-20,22,24,29,40,42,44,46H,1,9-14,36H2,2-4H3,(H,37,38)/t15-,19-,20?,22-,24-,29+,35-/m0/s1. The summed E-state index contributed by atoms with van der Waals surface area (Å²) in [7, 11) is 1.31. The molecule has 16 heteroatoms. The van der Waals surface area contributed by atoms with E-state index in [4.69, 9.17) is 24.7 Å². The number of ether oxygens (including phenoxy) is 4. The monoisotopic (exact) mass is 728 g/mol. The lowest BCUT2D eigenvalue weighted by atomic mass is 9.72. The lowest BCUT2D eigenvalue weighted by Gasteiger charge is -2.42. The van der Waals surface area contributed by atoms with Crippen molar-refractivity contribution in [2.24, 2.45) is 5.73 Å². The zero-order chi connectivity index (χ0) is 37.4. The number of Topliss-reactive ketones (excluding diaryl/α,β-unsaturated/α-hetero) is 1. The number of methoxy groups -OCH3 is 1. The maximum atomic E-state index is 13.9. The molecular formula is C35H40N2O13S. The first-order chi connectivity index (χ1) is 24.1. The molecule has 1 amide bonds. The fourth-order valence-electron chi connectivity index (χ4n) is 6.66. The van der Waals surface area contributed by atoms with Crippen molar-refractivity contribution in [1.82, 2.24) is 5.32 Å². The molecule has 1 fully saturated rings. The molecule has 274 valence electrons. The van der Waals surface area contributed by atoms with E-state index in [1.807, 2.05) is 0 Å². The minimum Gasteiger partial charge on any atom is -0.507 e. The summed E-state index contributed by atoms with van der Waals surface area (Å²) in [5, 5.41) is 48.1. The van der Waals surface area contributed by atoms with Gasteiger partial charge in [-0.15, -0.1) is 6.58 Å². The second kappa shape index (κ2) is 15.1. The first-order valence-corrected chi connectivity index (χ1v) is 17.3. The zero-order valence-corrected chi connectivity index (χ0v) is 29.0. The van der Waals surface area contributed by atoms with Gasteiger partial charge in [0.2, 0.25) is 17.5 Å². The van der Waals surface area contributed by atoms with Gasteiger partial charge in [0.05, 0.1) is 42.1 Å². The number of amides is 1. The number of thioether (sulfide) groups is 1. The van der Waals surface area contributed by atoms with Crippen LogP contribution in [-0.4, -0.2) is 111 Å². The smallest absolute Gasteiger partial charge is 0.329 e. The molecule has 5 rings (SSSR count). The first kappa shape index (κ1) is 37.9. The van der Waals surface area contributed by atoms with Gasteiger partial charge in [-0.05, 0) is 13.0 Å². The van der Waals surface area contributed by atoms with Crippen molar-refractivity contribution in [2.45, 2.75) is 75.4 Å². The Morgan fingerprint density at radius 3 is 2.53 bits per heavy atom. The molecule has 0 saturated carbocycles. The molecule has 15 nitrogen and oxygen atoms in total. The highest BCUT2D eigenvalue weighted by Crippen LogP contribution is 2.52. The maximum Gasteiger partial charge on any atom is 0.329 e. The van der Waals surface area contributed by atoms with Gasteiger partial charge in [0.15, 0.2) is 18.7 Å². The van der Waals surface area contributed by atoms with Crippen LogP contribution in [0.15, 0.2) is 30.9 Å². The Bertz CT molecular complexity index is 1770. The van der Waals surface area contributed by atoms with Crippen molar-refractivity contribution in [2.75, 3.05) is 25.2 Å². The molecule has 0 bridgehead atoms. The van der Waals surface area contributed by atoms with E-state index < -0.39 is 114 Å². The number of phenolic OH excluding ortho intramolecular Hbond substituents is 2. The van der Waals surface area contributed by atoms with Gasteiger partial charge >= 0.3 is 5.97 Å². The van der Waals surface area contributed by atoms with Crippen molar-refractivity contribution in [3.8, 4) is 17.2 Å². The Balaban J connectivity index is 1.53. The molecule has 1 saturated heterocycles. The fraction of sp³-hybridized carbons (Fsp3) is 0.457. The average molecular weight is 729 g/mol. The molecular weight excluding hydrogens is 688 g/mol. The van der Waals surface area contributed by atoms with Crippen LogP contribution >= 0.6 is 11.8 Å². The van der Waals surface area contributed by atoms with Crippen LogP contribution in [0, 0.1) is 0 Å². The Kier molecular flexibility index (Phi) is 11.2. The summed E-state index contributed by atoms with van der Waals surface area (Å²) in [5.41, 5.74) is 1.96. The largest absolute Gasteiger partial charge is 0.507 e. The molecule has 3 aliphatic rings. The molecule has 0 radical (unpaired) electrons. The van der Waals surface area contributed by atoms with Gasteiger partial charge in [-0.2, -0.15) is 11.8 Å². The van der Waals surface area contributed by atoms with Crippen LogP contribution in [-0.2, 0) is 35.0 Å². The van der Waals surface area contributed by atoms with Crippen molar-refractivity contribution < 1.29 is 63.3 Å². The van der Waals surface area contributed by atoms with Crippen LogP contribution in [0.5, 0.6) is 17.2 Å². The Hall–Kier alpha value is -4.32. The van der Waals surface area contributed by atoms with Crippen LogP contribution in [0.2, 0.25) is 0 Å². The van der Waals surface area contributed by atoms with E-state index in [2.05, 4.69) is 11.9 Å². The first-order valence-electron chi connectivity index (χ1n) is 16.1. The normalized spacial score (nSPS) is 25.9. The lowest BCUT2D eigenvalue weighted by molar-refractivity contribution is -0.247. The van der Waals surface area contributed by atoms with Gasteiger partial charge < -0.3 is 50.4 Å². The van der Waals surface area contributed by atoms with Gasteiger partial charge in [0.25, 0.3) is 0 Å². The number of esters is 1. The minimum absolute atomic E-state index is 0.0462. The molecule has 0 spiro atoms. The number of carbonyl (C=O) groups excluding carboxylic acids is 5. The molecule has 1 heterocycles. The van der Waals surface area contributed by atoms with Gasteiger partial charge in [0.1, 0.15) is 28.9 Å². The molecule has 2 aromatic carbocycles. The molecule has 7 atom stereocenters. The molecule has 7 N–H and O–H groups in total. The quantitative estimate of drug-likeness (QED) is 0.0659. The van der Waals surface area contributed by atoms with E-state index in [1.54, 1.807) is 13.0 Å².